The average molecular weight is 258 g/mol. The number of nitrogen functional groups attached to an aromatic ring is 1. The predicted octanol–water partition coefficient (Wildman–Crippen LogP) is 3.40. The molecule has 2 aromatic heterocycles. The van der Waals surface area contributed by atoms with E-state index in [0.717, 1.165) is 11.2 Å². The van der Waals surface area contributed by atoms with Crippen LogP contribution in [0.4, 0.5) is 5.95 Å². The molecule has 19 heavy (non-hydrogen) atoms. The molecule has 0 saturated heterocycles. The summed E-state index contributed by atoms with van der Waals surface area (Å²) >= 11 is 0. The van der Waals surface area contributed by atoms with Crippen molar-refractivity contribution in [3.8, 4) is 0 Å². The van der Waals surface area contributed by atoms with Crippen molar-refractivity contribution in [2.75, 3.05) is 5.73 Å². The van der Waals surface area contributed by atoms with Crippen molar-refractivity contribution in [2.24, 2.45) is 11.8 Å². The van der Waals surface area contributed by atoms with Gasteiger partial charge in [0.25, 0.3) is 0 Å². The first-order valence-corrected chi connectivity index (χ1v) is 7.27. The Morgan fingerprint density at radius 3 is 2.89 bits per heavy atom. The third-order valence-corrected chi connectivity index (χ3v) is 4.45. The zero-order valence-corrected chi connectivity index (χ0v) is 11.7. The summed E-state index contributed by atoms with van der Waals surface area (Å²) < 4.78 is 2.18. The second-order valence-electron chi connectivity index (χ2n) is 5.95. The topological polar surface area (TPSA) is 56.7 Å². The molecule has 0 aliphatic heterocycles. The van der Waals surface area contributed by atoms with E-state index < -0.39 is 0 Å². The van der Waals surface area contributed by atoms with Crippen LogP contribution in [0.25, 0.3) is 11.2 Å². The number of imidazole rings is 1. The summed E-state index contributed by atoms with van der Waals surface area (Å²) in [4.78, 5) is 8.95. The van der Waals surface area contributed by atoms with E-state index in [4.69, 9.17) is 5.73 Å². The molecule has 0 aromatic carbocycles. The van der Waals surface area contributed by atoms with Crippen LogP contribution in [0.15, 0.2) is 18.3 Å². The van der Waals surface area contributed by atoms with Crippen LogP contribution in [-0.4, -0.2) is 14.5 Å². The molecular formula is C15H22N4. The standard InChI is InChI=1S/C15H22N4/c1-10(2)11-6-3-4-8-13(11)19-14-12(18-15(19)16)7-5-9-17-14/h5,7,9-11,13H,3-4,6,8H2,1-2H3,(H2,16,18). The lowest BCUT2D eigenvalue weighted by molar-refractivity contribution is 0.189. The molecule has 0 spiro atoms. The van der Waals surface area contributed by atoms with Crippen LogP contribution in [0.3, 0.4) is 0 Å². The highest BCUT2D eigenvalue weighted by Gasteiger charge is 2.31. The monoisotopic (exact) mass is 258 g/mol. The minimum absolute atomic E-state index is 0.452. The zero-order chi connectivity index (χ0) is 13.4. The number of anilines is 1. The summed E-state index contributed by atoms with van der Waals surface area (Å²) in [7, 11) is 0. The molecule has 2 unspecified atom stereocenters. The van der Waals surface area contributed by atoms with Crippen LogP contribution in [-0.2, 0) is 0 Å². The molecule has 1 saturated carbocycles. The number of fused-ring (bicyclic) bond motifs is 1. The Kier molecular flexibility index (Phi) is 3.17. The van der Waals surface area contributed by atoms with Gasteiger partial charge in [0.05, 0.1) is 0 Å². The molecule has 4 heteroatoms. The number of hydrogen-bond donors (Lipinski definition) is 1. The number of pyridine rings is 1. The van der Waals surface area contributed by atoms with E-state index in [1.807, 2.05) is 18.3 Å². The maximum Gasteiger partial charge on any atom is 0.202 e. The van der Waals surface area contributed by atoms with E-state index in [1.54, 1.807) is 0 Å². The van der Waals surface area contributed by atoms with Gasteiger partial charge in [-0.05, 0) is 36.8 Å². The van der Waals surface area contributed by atoms with Crippen LogP contribution < -0.4 is 5.73 Å². The molecule has 0 bridgehead atoms. The third-order valence-electron chi connectivity index (χ3n) is 4.45. The first kappa shape index (κ1) is 12.5. The number of aromatic nitrogens is 3. The zero-order valence-electron chi connectivity index (χ0n) is 11.7. The third kappa shape index (κ3) is 2.09. The highest BCUT2D eigenvalue weighted by Crippen LogP contribution is 2.40. The van der Waals surface area contributed by atoms with Gasteiger partial charge in [0.1, 0.15) is 5.52 Å². The summed E-state index contributed by atoms with van der Waals surface area (Å²) in [5, 5.41) is 0. The van der Waals surface area contributed by atoms with Crippen LogP contribution in [0.5, 0.6) is 0 Å². The largest absolute Gasteiger partial charge is 0.369 e. The Balaban J connectivity index is 2.09. The number of hydrogen-bond acceptors (Lipinski definition) is 3. The summed E-state index contributed by atoms with van der Waals surface area (Å²) in [5.74, 6) is 1.97. The van der Waals surface area contributed by atoms with Crippen molar-refractivity contribution < 1.29 is 0 Å². The highest BCUT2D eigenvalue weighted by molar-refractivity contribution is 5.74. The van der Waals surface area contributed by atoms with Crippen molar-refractivity contribution in [3.05, 3.63) is 18.3 Å². The fraction of sp³-hybridized carbons (Fsp3) is 0.600. The molecule has 2 N–H and O–H groups in total. The van der Waals surface area contributed by atoms with E-state index >= 15 is 0 Å². The SMILES string of the molecule is CC(C)C1CCCCC1n1c(N)nc2cccnc21. The van der Waals surface area contributed by atoms with Gasteiger partial charge in [-0.3, -0.25) is 4.57 Å². The lowest BCUT2D eigenvalue weighted by Crippen LogP contribution is -2.28. The van der Waals surface area contributed by atoms with Crippen LogP contribution in [0.2, 0.25) is 0 Å². The normalized spacial score (nSPS) is 24.2. The van der Waals surface area contributed by atoms with Crippen molar-refractivity contribution in [1.29, 1.82) is 0 Å². The minimum atomic E-state index is 0.452. The second-order valence-corrected chi connectivity index (χ2v) is 5.95. The Morgan fingerprint density at radius 2 is 2.11 bits per heavy atom. The Morgan fingerprint density at radius 1 is 1.32 bits per heavy atom. The molecule has 3 rings (SSSR count). The maximum absolute atomic E-state index is 6.16. The predicted molar refractivity (Wildman–Crippen MR) is 77.8 cm³/mol. The first-order chi connectivity index (χ1) is 9.18. The molecule has 2 heterocycles. The summed E-state index contributed by atoms with van der Waals surface area (Å²) in [6.07, 6.45) is 6.91. The van der Waals surface area contributed by atoms with Crippen LogP contribution in [0, 0.1) is 11.8 Å². The Bertz CT molecular complexity index is 573. The molecule has 4 nitrogen and oxygen atoms in total. The Hall–Kier alpha value is -1.58. The lowest BCUT2D eigenvalue weighted by Gasteiger charge is -2.35. The van der Waals surface area contributed by atoms with Crippen molar-refractivity contribution >= 4 is 17.1 Å². The lowest BCUT2D eigenvalue weighted by atomic mass is 9.77. The number of rotatable bonds is 2. The van der Waals surface area contributed by atoms with E-state index in [1.165, 1.54) is 25.7 Å². The Labute approximate surface area is 114 Å². The van der Waals surface area contributed by atoms with Crippen LogP contribution in [0.1, 0.15) is 45.6 Å². The maximum atomic E-state index is 6.16. The van der Waals surface area contributed by atoms with E-state index in [-0.39, 0.29) is 0 Å². The fourth-order valence-corrected chi connectivity index (χ4v) is 3.51. The van der Waals surface area contributed by atoms with Gasteiger partial charge in [-0.1, -0.05) is 26.7 Å². The van der Waals surface area contributed by atoms with Crippen molar-refractivity contribution in [2.45, 2.75) is 45.6 Å². The molecule has 2 aromatic rings. The highest BCUT2D eigenvalue weighted by atomic mass is 15.2. The molecular weight excluding hydrogens is 236 g/mol. The van der Waals surface area contributed by atoms with Crippen LogP contribution >= 0.6 is 0 Å². The molecule has 1 aliphatic rings. The quantitative estimate of drug-likeness (QED) is 0.898. The smallest absolute Gasteiger partial charge is 0.202 e. The van der Waals surface area contributed by atoms with Gasteiger partial charge in [0.15, 0.2) is 5.65 Å². The van der Waals surface area contributed by atoms with Gasteiger partial charge in [-0.25, -0.2) is 9.97 Å². The van der Waals surface area contributed by atoms with E-state index in [0.29, 0.717) is 23.8 Å². The summed E-state index contributed by atoms with van der Waals surface area (Å²) in [5.41, 5.74) is 8.01. The van der Waals surface area contributed by atoms with E-state index in [9.17, 15) is 0 Å². The fourth-order valence-electron chi connectivity index (χ4n) is 3.51. The first-order valence-electron chi connectivity index (χ1n) is 7.27. The summed E-state index contributed by atoms with van der Waals surface area (Å²) in [6.45, 7) is 4.62. The molecule has 0 amide bonds. The number of nitrogens with two attached hydrogens (primary N) is 1. The van der Waals surface area contributed by atoms with Crippen molar-refractivity contribution in [1.82, 2.24) is 14.5 Å². The molecule has 1 fully saturated rings. The van der Waals surface area contributed by atoms with Gasteiger partial charge in [-0.2, -0.15) is 0 Å². The van der Waals surface area contributed by atoms with Gasteiger partial charge >= 0.3 is 0 Å². The van der Waals surface area contributed by atoms with Gasteiger partial charge in [-0.15, -0.1) is 0 Å². The summed E-state index contributed by atoms with van der Waals surface area (Å²) in [6, 6.07) is 4.36. The van der Waals surface area contributed by atoms with E-state index in [2.05, 4.69) is 28.4 Å². The minimum Gasteiger partial charge on any atom is -0.369 e. The second kappa shape index (κ2) is 4.83. The van der Waals surface area contributed by atoms with Crippen molar-refractivity contribution in [3.63, 3.8) is 0 Å². The van der Waals surface area contributed by atoms with Gasteiger partial charge < -0.3 is 5.73 Å². The molecule has 2 atom stereocenters. The molecule has 0 radical (unpaired) electrons. The average Bonchev–Trinajstić information content (AvgIpc) is 2.74. The van der Waals surface area contributed by atoms with Gasteiger partial charge in [0, 0.05) is 12.2 Å². The number of nitrogens with zero attached hydrogens (tertiary/aromatic N) is 3. The molecule has 1 aliphatic carbocycles. The van der Waals surface area contributed by atoms with Gasteiger partial charge in [0.2, 0.25) is 5.95 Å². The molecule has 102 valence electrons.